The lowest BCUT2D eigenvalue weighted by Crippen LogP contribution is -2.47. The summed E-state index contributed by atoms with van der Waals surface area (Å²) in [5, 5.41) is 5.54. The second kappa shape index (κ2) is 7.03. The van der Waals surface area contributed by atoms with Crippen LogP contribution >= 0.6 is 0 Å². The number of rotatable bonds is 3. The third kappa shape index (κ3) is 3.75. The summed E-state index contributed by atoms with van der Waals surface area (Å²) in [5.41, 5.74) is 2.15. The first-order valence-corrected chi connectivity index (χ1v) is 8.48. The third-order valence-corrected chi connectivity index (χ3v) is 4.90. The highest BCUT2D eigenvalue weighted by Gasteiger charge is 2.26. The van der Waals surface area contributed by atoms with E-state index in [-0.39, 0.29) is 23.8 Å². The van der Waals surface area contributed by atoms with Gasteiger partial charge in [-0.3, -0.25) is 19.7 Å². The van der Waals surface area contributed by atoms with Gasteiger partial charge in [0.15, 0.2) is 0 Å². The fourth-order valence-corrected chi connectivity index (χ4v) is 3.41. The van der Waals surface area contributed by atoms with Gasteiger partial charge in [0.2, 0.25) is 17.7 Å². The van der Waals surface area contributed by atoms with Crippen LogP contribution in [0.15, 0.2) is 24.3 Å². The van der Waals surface area contributed by atoms with E-state index in [1.54, 1.807) is 6.92 Å². The average Bonchev–Trinajstić information content (AvgIpc) is 2.58. The van der Waals surface area contributed by atoms with Crippen molar-refractivity contribution in [3.05, 3.63) is 29.8 Å². The lowest BCUT2D eigenvalue weighted by atomic mass is 9.89. The van der Waals surface area contributed by atoms with Crippen LogP contribution in [0.3, 0.4) is 0 Å². The molecule has 0 spiro atoms. The number of anilines is 1. The van der Waals surface area contributed by atoms with Crippen molar-refractivity contribution in [1.29, 1.82) is 0 Å². The second-order valence-corrected chi connectivity index (χ2v) is 6.55. The fourth-order valence-electron chi connectivity index (χ4n) is 3.41. The number of carbonyl (C=O) groups is 3. The van der Waals surface area contributed by atoms with Crippen LogP contribution in [0.25, 0.3) is 0 Å². The summed E-state index contributed by atoms with van der Waals surface area (Å²) >= 11 is 0. The molecule has 0 aromatic heterocycles. The van der Waals surface area contributed by atoms with Crippen molar-refractivity contribution < 1.29 is 14.4 Å². The number of carbonyl (C=O) groups excluding carboxylic acids is 3. The molecule has 0 radical (unpaired) electrons. The van der Waals surface area contributed by atoms with E-state index in [2.05, 4.69) is 22.8 Å². The topological polar surface area (TPSA) is 78.5 Å². The van der Waals surface area contributed by atoms with E-state index < -0.39 is 0 Å². The number of piperidine rings is 2. The van der Waals surface area contributed by atoms with Crippen molar-refractivity contribution >= 4 is 23.4 Å². The van der Waals surface area contributed by atoms with E-state index in [0.717, 1.165) is 31.6 Å². The van der Waals surface area contributed by atoms with Crippen molar-refractivity contribution in [1.82, 2.24) is 10.2 Å². The minimum atomic E-state index is -0.354. The zero-order chi connectivity index (χ0) is 17.1. The first kappa shape index (κ1) is 16.5. The molecule has 2 aliphatic rings. The molecule has 2 N–H and O–H groups in total. The van der Waals surface area contributed by atoms with E-state index in [1.807, 2.05) is 17.0 Å². The Labute approximate surface area is 141 Å². The minimum absolute atomic E-state index is 0.150. The number of likely N-dealkylation sites (tertiary alicyclic amines) is 1. The molecule has 128 valence electrons. The van der Waals surface area contributed by atoms with Crippen LogP contribution < -0.4 is 10.6 Å². The lowest BCUT2D eigenvalue weighted by molar-refractivity contribution is -0.133. The molecular formula is C18H23N3O3. The van der Waals surface area contributed by atoms with Gasteiger partial charge < -0.3 is 10.2 Å². The van der Waals surface area contributed by atoms with Gasteiger partial charge in [-0.05, 0) is 42.9 Å². The molecule has 0 aliphatic carbocycles. The smallest absolute Gasteiger partial charge is 0.249 e. The maximum atomic E-state index is 11.8. The number of hydrogen-bond donors (Lipinski definition) is 2. The summed E-state index contributed by atoms with van der Waals surface area (Å²) in [6.07, 6.45) is 2.87. The molecule has 6 nitrogen and oxygen atoms in total. The van der Waals surface area contributed by atoms with E-state index in [1.165, 1.54) is 5.56 Å². The molecule has 6 heteroatoms. The van der Waals surface area contributed by atoms with Gasteiger partial charge in [-0.25, -0.2) is 0 Å². The van der Waals surface area contributed by atoms with Crippen molar-refractivity contribution in [3.8, 4) is 0 Å². The molecular weight excluding hydrogens is 306 g/mol. The normalized spacial score (nSPS) is 22.2. The summed E-state index contributed by atoms with van der Waals surface area (Å²) in [4.78, 5) is 36.2. The maximum Gasteiger partial charge on any atom is 0.249 e. The zero-order valence-electron chi connectivity index (χ0n) is 13.9. The Kier molecular flexibility index (Phi) is 4.83. The Morgan fingerprint density at radius 1 is 1.12 bits per heavy atom. The predicted octanol–water partition coefficient (Wildman–Crippen LogP) is 1.63. The Balaban J connectivity index is 1.57. The summed E-state index contributed by atoms with van der Waals surface area (Å²) in [6, 6.07) is 7.78. The molecule has 1 aromatic carbocycles. The molecule has 2 saturated heterocycles. The highest BCUT2D eigenvalue weighted by atomic mass is 16.2. The van der Waals surface area contributed by atoms with Crippen molar-refractivity contribution in [2.45, 2.75) is 44.6 Å². The van der Waals surface area contributed by atoms with E-state index >= 15 is 0 Å². The molecule has 2 heterocycles. The quantitative estimate of drug-likeness (QED) is 0.826. The van der Waals surface area contributed by atoms with Gasteiger partial charge in [-0.1, -0.05) is 12.1 Å². The molecule has 1 aromatic rings. The first-order valence-electron chi connectivity index (χ1n) is 8.48. The first-order chi connectivity index (χ1) is 11.5. The highest BCUT2D eigenvalue weighted by Crippen LogP contribution is 2.29. The van der Waals surface area contributed by atoms with Crippen molar-refractivity contribution in [2.24, 2.45) is 0 Å². The van der Waals surface area contributed by atoms with E-state index in [0.29, 0.717) is 18.8 Å². The van der Waals surface area contributed by atoms with Crippen LogP contribution in [0, 0.1) is 0 Å². The lowest BCUT2D eigenvalue weighted by Gasteiger charge is -2.31. The molecule has 24 heavy (non-hydrogen) atoms. The molecule has 2 aliphatic heterocycles. The van der Waals surface area contributed by atoms with Crippen LogP contribution in [-0.2, 0) is 14.4 Å². The monoisotopic (exact) mass is 329 g/mol. The third-order valence-electron chi connectivity index (χ3n) is 4.90. The molecule has 3 rings (SSSR count). The molecule has 1 unspecified atom stereocenters. The Bertz CT molecular complexity index is 633. The van der Waals surface area contributed by atoms with Gasteiger partial charge >= 0.3 is 0 Å². The summed E-state index contributed by atoms with van der Waals surface area (Å²) in [6.45, 7) is 3.25. The second-order valence-electron chi connectivity index (χ2n) is 6.55. The van der Waals surface area contributed by atoms with Crippen LogP contribution in [0.4, 0.5) is 5.69 Å². The van der Waals surface area contributed by atoms with Crippen LogP contribution in [-0.4, -0.2) is 41.8 Å². The van der Waals surface area contributed by atoms with Crippen LogP contribution in [0.1, 0.15) is 44.1 Å². The molecule has 0 saturated carbocycles. The summed E-state index contributed by atoms with van der Waals surface area (Å²) < 4.78 is 0. The van der Waals surface area contributed by atoms with Gasteiger partial charge in [-0.15, -0.1) is 0 Å². The van der Waals surface area contributed by atoms with Gasteiger partial charge in [0.05, 0.1) is 0 Å². The molecule has 2 fully saturated rings. The Hall–Kier alpha value is -2.37. The summed E-state index contributed by atoms with van der Waals surface area (Å²) in [5.74, 6) is 0.166. The standard InChI is InChI=1S/C18H23N3O3/c1-12(22)21-10-8-14(9-11-21)13-2-4-15(5-3-13)19-16-6-7-17(23)20-18(16)24/h2-5,14,16,19H,6-11H2,1H3,(H,20,23,24). The number of imide groups is 1. The number of benzene rings is 1. The zero-order valence-corrected chi connectivity index (χ0v) is 13.9. The number of nitrogens with zero attached hydrogens (tertiary/aromatic N) is 1. The average molecular weight is 329 g/mol. The Morgan fingerprint density at radius 3 is 2.38 bits per heavy atom. The van der Waals surface area contributed by atoms with Crippen LogP contribution in [0.2, 0.25) is 0 Å². The largest absolute Gasteiger partial charge is 0.374 e. The van der Waals surface area contributed by atoms with Crippen molar-refractivity contribution in [2.75, 3.05) is 18.4 Å². The summed E-state index contributed by atoms with van der Waals surface area (Å²) in [7, 11) is 0. The minimum Gasteiger partial charge on any atom is -0.374 e. The van der Waals surface area contributed by atoms with Gasteiger partial charge in [-0.2, -0.15) is 0 Å². The van der Waals surface area contributed by atoms with Gasteiger partial charge in [0.1, 0.15) is 6.04 Å². The SMILES string of the molecule is CC(=O)N1CCC(c2ccc(NC3CCC(=O)NC3=O)cc2)CC1. The van der Waals surface area contributed by atoms with Gasteiger partial charge in [0.25, 0.3) is 0 Å². The number of hydrogen-bond acceptors (Lipinski definition) is 4. The number of amides is 3. The fraction of sp³-hybridized carbons (Fsp3) is 0.500. The molecule has 1 atom stereocenters. The van der Waals surface area contributed by atoms with Gasteiger partial charge in [0, 0.05) is 32.1 Å². The highest BCUT2D eigenvalue weighted by molar-refractivity contribution is 6.01. The van der Waals surface area contributed by atoms with Crippen molar-refractivity contribution in [3.63, 3.8) is 0 Å². The maximum absolute atomic E-state index is 11.8. The van der Waals surface area contributed by atoms with E-state index in [4.69, 9.17) is 0 Å². The number of nitrogens with one attached hydrogen (secondary N) is 2. The predicted molar refractivity (Wildman–Crippen MR) is 90.5 cm³/mol. The molecule has 3 amide bonds. The Morgan fingerprint density at radius 2 is 1.79 bits per heavy atom. The van der Waals surface area contributed by atoms with E-state index in [9.17, 15) is 14.4 Å². The molecule has 0 bridgehead atoms. The van der Waals surface area contributed by atoms with Crippen LogP contribution in [0.5, 0.6) is 0 Å².